The Morgan fingerprint density at radius 1 is 0.446 bits per heavy atom. The number of nitrogens with zero attached hydrogens (tertiary/aromatic N) is 4. The third-order valence-electron chi connectivity index (χ3n) is 10.6. The molecule has 0 aliphatic rings. The van der Waals surface area contributed by atoms with Crippen LogP contribution >= 0.6 is 0 Å². The molecule has 7 aromatic carbocycles. The molecule has 0 aliphatic heterocycles. The van der Waals surface area contributed by atoms with Crippen molar-refractivity contribution >= 4 is 43.8 Å². The Balaban J connectivity index is 1.26. The number of pyridine rings is 1. The minimum atomic E-state index is 0.592. The maximum Gasteiger partial charge on any atom is 0.227 e. The van der Waals surface area contributed by atoms with Gasteiger partial charge in [0.05, 0.1) is 33.6 Å². The summed E-state index contributed by atoms with van der Waals surface area (Å²) in [5.41, 5.74) is 13.1. The lowest BCUT2D eigenvalue weighted by Crippen LogP contribution is -1.99. The maximum absolute atomic E-state index is 6.62. The van der Waals surface area contributed by atoms with Crippen LogP contribution in [0.25, 0.3) is 106 Å². The molecule has 56 heavy (non-hydrogen) atoms. The molecule has 0 aliphatic carbocycles. The highest BCUT2D eigenvalue weighted by Crippen LogP contribution is 2.45. The van der Waals surface area contributed by atoms with Crippen LogP contribution in [0.1, 0.15) is 0 Å². The number of para-hydroxylation sites is 2. The molecular formula is C51H32N4O. The van der Waals surface area contributed by atoms with Crippen molar-refractivity contribution < 1.29 is 4.42 Å². The summed E-state index contributed by atoms with van der Waals surface area (Å²) in [6.07, 6.45) is 1.78. The molecular weight excluding hydrogens is 685 g/mol. The molecule has 5 nitrogen and oxygen atoms in total. The van der Waals surface area contributed by atoms with E-state index >= 15 is 0 Å². The topological polar surface area (TPSA) is 56.7 Å². The first-order valence-electron chi connectivity index (χ1n) is 18.8. The minimum Gasteiger partial charge on any atom is -0.437 e. The highest BCUT2D eigenvalue weighted by atomic mass is 16.3. The van der Waals surface area contributed by atoms with E-state index in [-0.39, 0.29) is 0 Å². The Hall–Kier alpha value is -7.63. The number of hydrogen-bond donors (Lipinski definition) is 0. The fourth-order valence-electron chi connectivity index (χ4n) is 8.08. The van der Waals surface area contributed by atoms with E-state index in [1.54, 1.807) is 6.20 Å². The van der Waals surface area contributed by atoms with Crippen molar-refractivity contribution in [3.63, 3.8) is 0 Å². The van der Waals surface area contributed by atoms with E-state index in [0.29, 0.717) is 5.71 Å². The van der Waals surface area contributed by atoms with Crippen molar-refractivity contribution in [3.8, 4) is 61.9 Å². The fourth-order valence-corrected chi connectivity index (χ4v) is 8.08. The maximum atomic E-state index is 6.62. The van der Waals surface area contributed by atoms with Gasteiger partial charge in [0, 0.05) is 50.3 Å². The average molecular weight is 717 g/mol. The van der Waals surface area contributed by atoms with Gasteiger partial charge in [-0.25, -0.2) is 15.0 Å². The molecule has 0 spiro atoms. The molecule has 4 aromatic heterocycles. The first-order chi connectivity index (χ1) is 27.8. The van der Waals surface area contributed by atoms with Gasteiger partial charge in [0.25, 0.3) is 0 Å². The van der Waals surface area contributed by atoms with Crippen LogP contribution in [0.4, 0.5) is 0 Å². The summed E-state index contributed by atoms with van der Waals surface area (Å²) in [6.45, 7) is 0. The second kappa shape index (κ2) is 13.0. The number of rotatable bonds is 6. The standard InChI is InChI=1S/C51H32N4O/c1-4-16-34(17-5-1)47-48(53-43-27-26-33-15-10-12-23-41(33)49(43)54-47)39-30-37(45-32-36-20-11-13-25-44(36)55(45)40-21-8-3-9-22-40)29-38(31-39)46-42-24-14-28-52-51(42)56-50(46)35-18-6-2-7-19-35/h1-32H. The van der Waals surface area contributed by atoms with E-state index in [9.17, 15) is 0 Å². The number of furan rings is 1. The van der Waals surface area contributed by atoms with Gasteiger partial charge < -0.3 is 8.98 Å². The first kappa shape index (κ1) is 31.9. The number of hydrogen-bond acceptors (Lipinski definition) is 4. The van der Waals surface area contributed by atoms with E-state index in [1.165, 1.54) is 0 Å². The van der Waals surface area contributed by atoms with Gasteiger partial charge in [0.2, 0.25) is 5.71 Å². The van der Waals surface area contributed by atoms with E-state index in [2.05, 4.69) is 167 Å². The van der Waals surface area contributed by atoms with Crippen molar-refractivity contribution in [1.29, 1.82) is 0 Å². The molecule has 0 radical (unpaired) electrons. The minimum absolute atomic E-state index is 0.592. The van der Waals surface area contributed by atoms with Crippen LogP contribution in [0.5, 0.6) is 0 Å². The summed E-state index contributed by atoms with van der Waals surface area (Å²) in [4.78, 5) is 15.6. The average Bonchev–Trinajstić information content (AvgIpc) is 3.86. The molecule has 0 unspecified atom stereocenters. The van der Waals surface area contributed by atoms with E-state index in [0.717, 1.165) is 100 Å². The molecule has 0 saturated carbocycles. The van der Waals surface area contributed by atoms with Gasteiger partial charge in [0.1, 0.15) is 5.76 Å². The van der Waals surface area contributed by atoms with Gasteiger partial charge >= 0.3 is 0 Å². The summed E-state index contributed by atoms with van der Waals surface area (Å²) in [5, 5.41) is 4.31. The van der Waals surface area contributed by atoms with Crippen molar-refractivity contribution in [2.45, 2.75) is 0 Å². The number of benzene rings is 7. The van der Waals surface area contributed by atoms with Crippen LogP contribution in [0.15, 0.2) is 199 Å². The predicted octanol–water partition coefficient (Wildman–Crippen LogP) is 13.2. The van der Waals surface area contributed by atoms with E-state index in [1.807, 2.05) is 30.3 Å². The molecule has 0 N–H and O–H groups in total. The molecule has 0 amide bonds. The lowest BCUT2D eigenvalue weighted by molar-refractivity contribution is 0.619. The molecule has 0 fully saturated rings. The molecule has 262 valence electrons. The Morgan fingerprint density at radius 3 is 1.91 bits per heavy atom. The van der Waals surface area contributed by atoms with Crippen LogP contribution in [0.3, 0.4) is 0 Å². The fraction of sp³-hybridized carbons (Fsp3) is 0. The smallest absolute Gasteiger partial charge is 0.227 e. The third-order valence-corrected chi connectivity index (χ3v) is 10.6. The lowest BCUT2D eigenvalue weighted by atomic mass is 9.92. The van der Waals surface area contributed by atoms with Crippen molar-refractivity contribution in [3.05, 3.63) is 194 Å². The van der Waals surface area contributed by atoms with E-state index < -0.39 is 0 Å². The zero-order chi connectivity index (χ0) is 37.0. The van der Waals surface area contributed by atoms with Crippen LogP contribution in [0.2, 0.25) is 0 Å². The third kappa shape index (κ3) is 5.29. The quantitative estimate of drug-likeness (QED) is 0.161. The SMILES string of the molecule is c1ccc(-c2nc3c(ccc4ccccc43)nc2-c2cc(-c3c(-c4ccccc4)oc4ncccc34)cc(-c3cc4ccccc4n3-c3ccccc3)c2)cc1. The van der Waals surface area contributed by atoms with E-state index in [4.69, 9.17) is 14.4 Å². The zero-order valence-corrected chi connectivity index (χ0v) is 30.2. The van der Waals surface area contributed by atoms with Gasteiger partial charge in [-0.05, 0) is 77.2 Å². The van der Waals surface area contributed by atoms with Crippen molar-refractivity contribution in [2.24, 2.45) is 0 Å². The van der Waals surface area contributed by atoms with Gasteiger partial charge in [-0.3, -0.25) is 0 Å². The molecule has 11 aromatic rings. The summed E-state index contributed by atoms with van der Waals surface area (Å²) >= 11 is 0. The highest BCUT2D eigenvalue weighted by Gasteiger charge is 2.23. The second-order valence-electron chi connectivity index (χ2n) is 14.0. The summed E-state index contributed by atoms with van der Waals surface area (Å²) in [7, 11) is 0. The van der Waals surface area contributed by atoms with Gasteiger partial charge in [-0.1, -0.05) is 127 Å². The molecule has 0 atom stereocenters. The Labute approximate surface area is 322 Å². The molecule has 11 rings (SSSR count). The second-order valence-corrected chi connectivity index (χ2v) is 14.0. The molecule has 5 heteroatoms. The Morgan fingerprint density at radius 2 is 1.09 bits per heavy atom. The summed E-state index contributed by atoms with van der Waals surface area (Å²) in [6, 6.07) is 65.6. The summed E-state index contributed by atoms with van der Waals surface area (Å²) in [5.74, 6) is 0.769. The van der Waals surface area contributed by atoms with Gasteiger partial charge in [-0.2, -0.15) is 0 Å². The number of aromatic nitrogens is 4. The predicted molar refractivity (Wildman–Crippen MR) is 229 cm³/mol. The molecule has 4 heterocycles. The lowest BCUT2D eigenvalue weighted by Gasteiger charge is -2.16. The van der Waals surface area contributed by atoms with Gasteiger partial charge in [-0.15, -0.1) is 0 Å². The first-order valence-corrected chi connectivity index (χ1v) is 18.8. The van der Waals surface area contributed by atoms with Crippen molar-refractivity contribution in [2.75, 3.05) is 0 Å². The highest BCUT2D eigenvalue weighted by molar-refractivity contribution is 6.06. The summed E-state index contributed by atoms with van der Waals surface area (Å²) < 4.78 is 8.97. The molecule has 0 bridgehead atoms. The number of fused-ring (bicyclic) bond motifs is 5. The normalized spacial score (nSPS) is 11.6. The van der Waals surface area contributed by atoms with Crippen molar-refractivity contribution in [1.82, 2.24) is 19.5 Å². The van der Waals surface area contributed by atoms with Crippen LogP contribution in [-0.4, -0.2) is 19.5 Å². The Kier molecular flexibility index (Phi) is 7.42. The van der Waals surface area contributed by atoms with Crippen LogP contribution in [-0.2, 0) is 0 Å². The van der Waals surface area contributed by atoms with Gasteiger partial charge in [0.15, 0.2) is 0 Å². The van der Waals surface area contributed by atoms with Crippen LogP contribution in [0, 0.1) is 0 Å². The molecule has 0 saturated heterocycles. The Bertz CT molecular complexity index is 3240. The zero-order valence-electron chi connectivity index (χ0n) is 30.2. The largest absolute Gasteiger partial charge is 0.437 e. The van der Waals surface area contributed by atoms with Crippen LogP contribution < -0.4 is 0 Å². The monoisotopic (exact) mass is 716 g/mol.